The number of anilines is 1. The summed E-state index contributed by atoms with van der Waals surface area (Å²) in [6.07, 6.45) is 4.65. The molecule has 0 amide bonds. The Morgan fingerprint density at radius 1 is 1.26 bits per heavy atom. The maximum absolute atomic E-state index is 12.4. The molecule has 1 aliphatic heterocycles. The molecule has 4 rings (SSSR count). The number of likely N-dealkylation sites (tertiary alicyclic amines) is 1. The van der Waals surface area contributed by atoms with E-state index in [0.717, 1.165) is 49.2 Å². The van der Waals surface area contributed by atoms with Crippen molar-refractivity contribution < 1.29 is 9.21 Å². The van der Waals surface area contributed by atoms with Crippen LogP contribution in [0.4, 0.5) is 5.82 Å². The Bertz CT molecular complexity index is 929. The number of hydrogen-bond acceptors (Lipinski definition) is 6. The highest BCUT2D eigenvalue weighted by Gasteiger charge is 2.28. The number of ketones is 1. The molecule has 1 aromatic carbocycles. The lowest BCUT2D eigenvalue weighted by molar-refractivity contribution is 0.0799. The first kappa shape index (κ1) is 17.7. The highest BCUT2D eigenvalue weighted by molar-refractivity contribution is 5.93. The summed E-state index contributed by atoms with van der Waals surface area (Å²) in [6.45, 7) is 2.61. The van der Waals surface area contributed by atoms with E-state index in [1.54, 1.807) is 0 Å². The predicted octanol–water partition coefficient (Wildman–Crippen LogP) is 3.38. The van der Waals surface area contributed by atoms with E-state index in [0.29, 0.717) is 0 Å². The molecule has 0 radical (unpaired) electrons. The maximum Gasteiger partial charge on any atom is 0.263 e. The number of pyridine rings is 1. The normalized spacial score (nSPS) is 15.9. The quantitative estimate of drug-likeness (QED) is 0.647. The summed E-state index contributed by atoms with van der Waals surface area (Å²) in [5, 5.41) is 1.16. The van der Waals surface area contributed by atoms with Crippen LogP contribution in [-0.4, -0.2) is 47.8 Å². The Morgan fingerprint density at radius 3 is 2.74 bits per heavy atom. The van der Waals surface area contributed by atoms with Crippen LogP contribution in [0.2, 0.25) is 0 Å². The summed E-state index contributed by atoms with van der Waals surface area (Å²) in [6, 6.07) is 10.5. The van der Waals surface area contributed by atoms with E-state index in [2.05, 4.69) is 26.9 Å². The number of benzene rings is 1. The molecule has 1 saturated heterocycles. The molecule has 3 aromatic rings. The van der Waals surface area contributed by atoms with Crippen LogP contribution < -0.4 is 4.90 Å². The zero-order valence-electron chi connectivity index (χ0n) is 15.8. The number of para-hydroxylation sites is 1. The monoisotopic (exact) mass is 364 g/mol. The van der Waals surface area contributed by atoms with Crippen LogP contribution in [0.1, 0.15) is 29.1 Å². The standard InChI is InChI=1S/C21H24N4O2/c1-24(2)20-17(13-16-5-3-4-6-18(16)23-20)14-25-10-7-15(8-11-25)19(26)21-22-9-12-27-21/h3-6,9,12-13,15H,7-8,10-11,14H2,1-2H3. The lowest BCUT2D eigenvalue weighted by Crippen LogP contribution is -2.36. The van der Waals surface area contributed by atoms with Crippen molar-refractivity contribution in [3.05, 3.63) is 54.2 Å². The van der Waals surface area contributed by atoms with Gasteiger partial charge in [0.1, 0.15) is 12.1 Å². The maximum atomic E-state index is 12.4. The second-order valence-corrected chi connectivity index (χ2v) is 7.31. The molecule has 0 spiro atoms. The van der Waals surface area contributed by atoms with Crippen LogP contribution >= 0.6 is 0 Å². The van der Waals surface area contributed by atoms with Crippen molar-refractivity contribution in [3.8, 4) is 0 Å². The van der Waals surface area contributed by atoms with Gasteiger partial charge in [0.2, 0.25) is 5.78 Å². The third-order valence-electron chi connectivity index (χ3n) is 5.20. The highest BCUT2D eigenvalue weighted by atomic mass is 16.3. The van der Waals surface area contributed by atoms with E-state index in [-0.39, 0.29) is 17.6 Å². The van der Waals surface area contributed by atoms with Gasteiger partial charge in [-0.3, -0.25) is 9.69 Å². The molecule has 1 aliphatic rings. The lowest BCUT2D eigenvalue weighted by Gasteiger charge is -2.31. The Balaban J connectivity index is 1.47. The van der Waals surface area contributed by atoms with E-state index in [9.17, 15) is 4.79 Å². The van der Waals surface area contributed by atoms with Crippen molar-refractivity contribution in [2.75, 3.05) is 32.1 Å². The molecule has 6 heteroatoms. The van der Waals surface area contributed by atoms with Crippen molar-refractivity contribution in [2.45, 2.75) is 19.4 Å². The summed E-state index contributed by atoms with van der Waals surface area (Å²) >= 11 is 0. The Labute approximate surface area is 158 Å². The first-order valence-electron chi connectivity index (χ1n) is 9.34. The van der Waals surface area contributed by atoms with Crippen molar-refractivity contribution in [1.82, 2.24) is 14.9 Å². The zero-order valence-corrected chi connectivity index (χ0v) is 15.8. The van der Waals surface area contributed by atoms with Gasteiger partial charge in [-0.1, -0.05) is 18.2 Å². The van der Waals surface area contributed by atoms with Gasteiger partial charge in [0.15, 0.2) is 0 Å². The number of nitrogens with zero attached hydrogens (tertiary/aromatic N) is 4. The van der Waals surface area contributed by atoms with Gasteiger partial charge in [-0.2, -0.15) is 0 Å². The van der Waals surface area contributed by atoms with Crippen LogP contribution in [0.5, 0.6) is 0 Å². The van der Waals surface area contributed by atoms with Crippen LogP contribution in [0.3, 0.4) is 0 Å². The number of rotatable bonds is 5. The minimum atomic E-state index is 0.00273. The highest BCUT2D eigenvalue weighted by Crippen LogP contribution is 2.27. The first-order valence-corrected chi connectivity index (χ1v) is 9.34. The third-order valence-corrected chi connectivity index (χ3v) is 5.20. The van der Waals surface area contributed by atoms with Crippen molar-refractivity contribution in [2.24, 2.45) is 5.92 Å². The molecule has 3 heterocycles. The largest absolute Gasteiger partial charge is 0.442 e. The molecule has 27 heavy (non-hydrogen) atoms. The van der Waals surface area contributed by atoms with Gasteiger partial charge in [0, 0.05) is 37.5 Å². The number of oxazole rings is 1. The Morgan fingerprint density at radius 2 is 2.04 bits per heavy atom. The third kappa shape index (κ3) is 3.71. The number of Topliss-reactive ketones (excluding diaryl/α,β-unsaturated/α-hetero) is 1. The average Bonchev–Trinajstić information content (AvgIpc) is 3.22. The predicted molar refractivity (Wildman–Crippen MR) is 105 cm³/mol. The van der Waals surface area contributed by atoms with Gasteiger partial charge in [-0.25, -0.2) is 9.97 Å². The summed E-state index contributed by atoms with van der Waals surface area (Å²) < 4.78 is 5.17. The van der Waals surface area contributed by atoms with E-state index in [1.807, 2.05) is 32.3 Å². The summed E-state index contributed by atoms with van der Waals surface area (Å²) in [7, 11) is 4.06. The van der Waals surface area contributed by atoms with Gasteiger partial charge in [-0.05, 0) is 38.1 Å². The summed E-state index contributed by atoms with van der Waals surface area (Å²) in [5.41, 5.74) is 2.23. The Hall–Kier alpha value is -2.73. The van der Waals surface area contributed by atoms with Crippen LogP contribution in [0, 0.1) is 5.92 Å². The number of fused-ring (bicyclic) bond motifs is 1. The summed E-state index contributed by atoms with van der Waals surface area (Å²) in [4.78, 5) is 25.7. The van der Waals surface area contributed by atoms with Crippen molar-refractivity contribution in [1.29, 1.82) is 0 Å². The zero-order chi connectivity index (χ0) is 18.8. The van der Waals surface area contributed by atoms with E-state index in [1.165, 1.54) is 18.0 Å². The molecule has 2 aromatic heterocycles. The van der Waals surface area contributed by atoms with Crippen LogP contribution in [0.25, 0.3) is 10.9 Å². The number of aromatic nitrogens is 2. The number of carbonyl (C=O) groups is 1. The fraction of sp³-hybridized carbons (Fsp3) is 0.381. The average molecular weight is 364 g/mol. The number of carbonyl (C=O) groups excluding carboxylic acids is 1. The molecule has 0 bridgehead atoms. The fourth-order valence-electron chi connectivity index (χ4n) is 3.77. The van der Waals surface area contributed by atoms with Gasteiger partial charge >= 0.3 is 0 Å². The van der Waals surface area contributed by atoms with Gasteiger partial charge in [0.05, 0.1) is 11.7 Å². The molecule has 0 aliphatic carbocycles. The first-order chi connectivity index (χ1) is 13.1. The van der Waals surface area contributed by atoms with Gasteiger partial charge < -0.3 is 9.32 Å². The van der Waals surface area contributed by atoms with Crippen molar-refractivity contribution in [3.63, 3.8) is 0 Å². The molecule has 0 N–H and O–H groups in total. The number of hydrogen-bond donors (Lipinski definition) is 0. The molecule has 0 atom stereocenters. The van der Waals surface area contributed by atoms with Gasteiger partial charge in [-0.15, -0.1) is 0 Å². The second-order valence-electron chi connectivity index (χ2n) is 7.31. The second kappa shape index (κ2) is 7.48. The molecule has 140 valence electrons. The molecule has 1 fully saturated rings. The molecular formula is C21H24N4O2. The Kier molecular flexibility index (Phi) is 4.90. The van der Waals surface area contributed by atoms with E-state index in [4.69, 9.17) is 9.40 Å². The van der Waals surface area contributed by atoms with E-state index < -0.39 is 0 Å². The van der Waals surface area contributed by atoms with E-state index >= 15 is 0 Å². The molecule has 0 saturated carbocycles. The minimum Gasteiger partial charge on any atom is -0.442 e. The van der Waals surface area contributed by atoms with Crippen molar-refractivity contribution >= 4 is 22.5 Å². The molecule has 6 nitrogen and oxygen atoms in total. The fourth-order valence-corrected chi connectivity index (χ4v) is 3.77. The SMILES string of the molecule is CN(C)c1nc2ccccc2cc1CN1CCC(C(=O)c2ncco2)CC1. The topological polar surface area (TPSA) is 62.5 Å². The van der Waals surface area contributed by atoms with Crippen LogP contribution in [-0.2, 0) is 6.54 Å². The summed E-state index contributed by atoms with van der Waals surface area (Å²) in [5.74, 6) is 1.28. The minimum absolute atomic E-state index is 0.00273. The molecular weight excluding hydrogens is 340 g/mol. The van der Waals surface area contributed by atoms with Crippen LogP contribution in [0.15, 0.2) is 47.2 Å². The number of piperidine rings is 1. The lowest BCUT2D eigenvalue weighted by atomic mass is 9.92. The molecule has 0 unspecified atom stereocenters. The smallest absolute Gasteiger partial charge is 0.263 e. The van der Waals surface area contributed by atoms with Gasteiger partial charge in [0.25, 0.3) is 5.89 Å².